The second-order valence-corrected chi connectivity index (χ2v) is 6.56. The van der Waals surface area contributed by atoms with E-state index in [-0.39, 0.29) is 5.92 Å². The highest BCUT2D eigenvalue weighted by atomic mass is 35.5. The summed E-state index contributed by atoms with van der Waals surface area (Å²) in [5.41, 5.74) is 1.11. The Hall–Kier alpha value is -1.16. The molecule has 21 heavy (non-hydrogen) atoms. The van der Waals surface area contributed by atoms with Crippen LogP contribution in [0, 0.1) is 0 Å². The first kappa shape index (κ1) is 14.8. The van der Waals surface area contributed by atoms with Crippen LogP contribution in [0.3, 0.4) is 0 Å². The predicted octanol–water partition coefficient (Wildman–Crippen LogP) is 4.36. The zero-order chi connectivity index (χ0) is 14.7. The Bertz CT molecular complexity index is 617. The molecule has 110 valence electrons. The quantitative estimate of drug-likeness (QED) is 0.849. The van der Waals surface area contributed by atoms with E-state index in [0.717, 1.165) is 27.7 Å². The zero-order valence-corrected chi connectivity index (χ0v) is 13.1. The second kappa shape index (κ2) is 6.73. The van der Waals surface area contributed by atoms with E-state index < -0.39 is 6.10 Å². The van der Waals surface area contributed by atoms with Crippen LogP contribution < -0.4 is 4.74 Å². The first-order valence-corrected chi connectivity index (χ1v) is 8.39. The number of rotatable bonds is 4. The first-order chi connectivity index (χ1) is 10.3. The lowest BCUT2D eigenvalue weighted by Crippen LogP contribution is -2.26. The molecule has 0 amide bonds. The summed E-state index contributed by atoms with van der Waals surface area (Å²) >= 11 is 7.75. The van der Waals surface area contributed by atoms with E-state index in [2.05, 4.69) is 0 Å². The minimum Gasteiger partial charge on any atom is -0.493 e. The molecule has 0 saturated heterocycles. The molecule has 0 aliphatic carbocycles. The molecule has 3 rings (SSSR count). The third-order valence-corrected chi connectivity index (χ3v) is 5.33. The highest BCUT2D eigenvalue weighted by Crippen LogP contribution is 2.37. The number of aliphatic hydroxyl groups excluding tert-OH is 1. The molecule has 2 nitrogen and oxygen atoms in total. The van der Waals surface area contributed by atoms with Crippen LogP contribution >= 0.6 is 23.4 Å². The van der Waals surface area contributed by atoms with Gasteiger partial charge in [0.05, 0.1) is 17.7 Å². The Morgan fingerprint density at radius 3 is 2.81 bits per heavy atom. The maximum atomic E-state index is 10.6. The van der Waals surface area contributed by atoms with Crippen LogP contribution in [0.4, 0.5) is 0 Å². The van der Waals surface area contributed by atoms with Gasteiger partial charge in [-0.25, -0.2) is 0 Å². The molecule has 0 fully saturated rings. The van der Waals surface area contributed by atoms with E-state index in [1.54, 1.807) is 11.8 Å². The zero-order valence-electron chi connectivity index (χ0n) is 11.5. The molecule has 2 aromatic rings. The summed E-state index contributed by atoms with van der Waals surface area (Å²) < 4.78 is 5.65. The molecule has 1 N–H and O–H groups in total. The van der Waals surface area contributed by atoms with Gasteiger partial charge in [0.1, 0.15) is 5.75 Å². The van der Waals surface area contributed by atoms with E-state index in [4.69, 9.17) is 16.3 Å². The molecular formula is C17H17ClO2S. The Balaban J connectivity index is 1.69. The van der Waals surface area contributed by atoms with Crippen molar-refractivity contribution in [1.82, 2.24) is 0 Å². The van der Waals surface area contributed by atoms with Crippen LogP contribution in [-0.4, -0.2) is 23.6 Å². The summed E-state index contributed by atoms with van der Waals surface area (Å²) in [5, 5.41) is 11.3. The molecule has 0 saturated carbocycles. The standard InChI is InChI=1S/C17H17ClO2S/c18-14-6-2-4-8-17(14)21-11-15(19)12-9-10-20-16-7-3-1-5-13(12)16/h1-8,12,15,19H,9-11H2. The molecule has 4 heteroatoms. The SMILES string of the molecule is OC(CSc1ccccc1Cl)C1CCOc2ccccc21. The van der Waals surface area contributed by atoms with Gasteiger partial charge in [0.2, 0.25) is 0 Å². The fourth-order valence-corrected chi connectivity index (χ4v) is 3.89. The molecule has 0 radical (unpaired) electrons. The van der Waals surface area contributed by atoms with Crippen LogP contribution in [-0.2, 0) is 0 Å². The van der Waals surface area contributed by atoms with Gasteiger partial charge >= 0.3 is 0 Å². The summed E-state index contributed by atoms with van der Waals surface area (Å²) in [7, 11) is 0. The van der Waals surface area contributed by atoms with Crippen molar-refractivity contribution in [2.45, 2.75) is 23.3 Å². The van der Waals surface area contributed by atoms with Crippen molar-refractivity contribution in [2.24, 2.45) is 0 Å². The molecule has 0 spiro atoms. The van der Waals surface area contributed by atoms with E-state index in [1.165, 1.54) is 0 Å². The minimum absolute atomic E-state index is 0.130. The number of ether oxygens (including phenoxy) is 1. The molecule has 1 aliphatic heterocycles. The fraction of sp³-hybridized carbons (Fsp3) is 0.294. The number of thioether (sulfide) groups is 1. The molecule has 1 aliphatic rings. The molecule has 2 unspecified atom stereocenters. The molecule has 1 heterocycles. The van der Waals surface area contributed by atoms with Gasteiger partial charge in [-0.3, -0.25) is 0 Å². The monoisotopic (exact) mass is 320 g/mol. The number of aliphatic hydroxyl groups is 1. The second-order valence-electron chi connectivity index (χ2n) is 5.09. The number of hydrogen-bond donors (Lipinski definition) is 1. The van der Waals surface area contributed by atoms with Gasteiger partial charge in [-0.1, -0.05) is 41.9 Å². The van der Waals surface area contributed by atoms with Crippen molar-refractivity contribution in [1.29, 1.82) is 0 Å². The summed E-state index contributed by atoms with van der Waals surface area (Å²) in [4.78, 5) is 1.01. The normalized spacial score (nSPS) is 18.7. The van der Waals surface area contributed by atoms with Crippen LogP contribution in [0.2, 0.25) is 5.02 Å². The largest absolute Gasteiger partial charge is 0.493 e. The lowest BCUT2D eigenvalue weighted by molar-refractivity contribution is 0.135. The summed E-state index contributed by atoms with van der Waals surface area (Å²) in [6, 6.07) is 15.7. The highest BCUT2D eigenvalue weighted by molar-refractivity contribution is 7.99. The number of hydrogen-bond acceptors (Lipinski definition) is 3. The maximum Gasteiger partial charge on any atom is 0.122 e. The van der Waals surface area contributed by atoms with Crippen molar-refractivity contribution < 1.29 is 9.84 Å². The third-order valence-electron chi connectivity index (χ3n) is 3.72. The minimum atomic E-state index is -0.406. The Morgan fingerprint density at radius 2 is 1.95 bits per heavy atom. The van der Waals surface area contributed by atoms with Crippen molar-refractivity contribution in [3.05, 3.63) is 59.1 Å². The lowest BCUT2D eigenvalue weighted by Gasteiger charge is -2.29. The Morgan fingerprint density at radius 1 is 1.19 bits per heavy atom. The average molecular weight is 321 g/mol. The van der Waals surface area contributed by atoms with E-state index in [1.807, 2.05) is 48.5 Å². The van der Waals surface area contributed by atoms with Gasteiger partial charge in [-0.15, -0.1) is 11.8 Å². The smallest absolute Gasteiger partial charge is 0.122 e. The fourth-order valence-electron chi connectivity index (χ4n) is 2.62. The highest BCUT2D eigenvalue weighted by Gasteiger charge is 2.27. The van der Waals surface area contributed by atoms with Crippen molar-refractivity contribution in [2.75, 3.05) is 12.4 Å². The van der Waals surface area contributed by atoms with E-state index in [0.29, 0.717) is 12.4 Å². The number of fused-ring (bicyclic) bond motifs is 1. The van der Waals surface area contributed by atoms with E-state index >= 15 is 0 Å². The predicted molar refractivity (Wildman–Crippen MR) is 87.5 cm³/mol. The van der Waals surface area contributed by atoms with Gasteiger partial charge in [-0.2, -0.15) is 0 Å². The van der Waals surface area contributed by atoms with Crippen LogP contribution in [0.5, 0.6) is 5.75 Å². The molecule has 2 atom stereocenters. The van der Waals surface area contributed by atoms with Crippen LogP contribution in [0.1, 0.15) is 17.9 Å². The van der Waals surface area contributed by atoms with Gasteiger partial charge in [0.15, 0.2) is 0 Å². The van der Waals surface area contributed by atoms with Crippen LogP contribution in [0.15, 0.2) is 53.4 Å². The summed E-state index contributed by atoms with van der Waals surface area (Å²) in [6.07, 6.45) is 0.442. The maximum absolute atomic E-state index is 10.6. The Labute approximate surface area is 134 Å². The molecule has 2 aromatic carbocycles. The van der Waals surface area contributed by atoms with Crippen molar-refractivity contribution >= 4 is 23.4 Å². The molecule has 0 bridgehead atoms. The average Bonchev–Trinajstić information content (AvgIpc) is 2.53. The van der Waals surface area contributed by atoms with E-state index in [9.17, 15) is 5.11 Å². The first-order valence-electron chi connectivity index (χ1n) is 7.03. The summed E-state index contributed by atoms with van der Waals surface area (Å²) in [5.74, 6) is 1.66. The van der Waals surface area contributed by atoms with Gasteiger partial charge in [-0.05, 0) is 30.2 Å². The lowest BCUT2D eigenvalue weighted by atomic mass is 9.89. The molecule has 0 aromatic heterocycles. The van der Waals surface area contributed by atoms with Gasteiger partial charge in [0.25, 0.3) is 0 Å². The number of para-hydroxylation sites is 1. The third kappa shape index (κ3) is 3.37. The Kier molecular flexibility index (Phi) is 4.73. The molecular weight excluding hydrogens is 304 g/mol. The van der Waals surface area contributed by atoms with Crippen molar-refractivity contribution in [3.63, 3.8) is 0 Å². The van der Waals surface area contributed by atoms with Crippen LogP contribution in [0.25, 0.3) is 0 Å². The number of benzene rings is 2. The number of halogens is 1. The van der Waals surface area contributed by atoms with Gasteiger partial charge in [0, 0.05) is 16.6 Å². The van der Waals surface area contributed by atoms with Crippen molar-refractivity contribution in [3.8, 4) is 5.75 Å². The summed E-state index contributed by atoms with van der Waals surface area (Å²) in [6.45, 7) is 0.662. The topological polar surface area (TPSA) is 29.5 Å². The van der Waals surface area contributed by atoms with Gasteiger partial charge < -0.3 is 9.84 Å².